The van der Waals surface area contributed by atoms with Gasteiger partial charge in [0.25, 0.3) is 5.91 Å². The van der Waals surface area contributed by atoms with Gasteiger partial charge in [0, 0.05) is 30.7 Å². The molecule has 6 nitrogen and oxygen atoms in total. The van der Waals surface area contributed by atoms with E-state index in [1.807, 2.05) is 13.8 Å². The molecule has 0 aliphatic carbocycles. The van der Waals surface area contributed by atoms with Gasteiger partial charge in [-0.1, -0.05) is 18.9 Å². The Labute approximate surface area is 156 Å². The highest BCUT2D eigenvalue weighted by Crippen LogP contribution is 2.21. The van der Waals surface area contributed by atoms with E-state index in [1.165, 1.54) is 10.4 Å². The van der Waals surface area contributed by atoms with Crippen molar-refractivity contribution in [2.45, 2.75) is 50.0 Å². The van der Waals surface area contributed by atoms with Gasteiger partial charge >= 0.3 is 0 Å². The van der Waals surface area contributed by atoms with Crippen LogP contribution in [0.3, 0.4) is 0 Å². The summed E-state index contributed by atoms with van der Waals surface area (Å²) in [4.78, 5) is 12.4. The molecule has 1 aromatic carbocycles. The van der Waals surface area contributed by atoms with Crippen molar-refractivity contribution in [2.24, 2.45) is 5.73 Å². The van der Waals surface area contributed by atoms with Crippen molar-refractivity contribution in [3.63, 3.8) is 0 Å². The number of halogens is 1. The van der Waals surface area contributed by atoms with Crippen LogP contribution < -0.4 is 11.1 Å². The van der Waals surface area contributed by atoms with Crippen molar-refractivity contribution < 1.29 is 13.2 Å². The molecule has 1 aromatic rings. The van der Waals surface area contributed by atoms with E-state index < -0.39 is 15.6 Å². The average molecular weight is 390 g/mol. The van der Waals surface area contributed by atoms with Crippen LogP contribution >= 0.6 is 12.4 Å². The first-order valence-corrected chi connectivity index (χ1v) is 9.81. The summed E-state index contributed by atoms with van der Waals surface area (Å²) < 4.78 is 27.1. The number of nitrogens with one attached hydrogen (secondary N) is 1. The minimum absolute atomic E-state index is 0. The van der Waals surface area contributed by atoms with Crippen molar-refractivity contribution in [3.05, 3.63) is 29.8 Å². The molecule has 2 rings (SSSR count). The predicted molar refractivity (Wildman–Crippen MR) is 102 cm³/mol. The molecule has 3 N–H and O–H groups in total. The molecule has 0 radical (unpaired) electrons. The Morgan fingerprint density at radius 2 is 1.80 bits per heavy atom. The van der Waals surface area contributed by atoms with E-state index in [0.29, 0.717) is 25.2 Å². The third kappa shape index (κ3) is 6.26. The number of benzene rings is 1. The highest BCUT2D eigenvalue weighted by molar-refractivity contribution is 7.89. The second kappa shape index (κ2) is 8.98. The average Bonchev–Trinajstić information content (AvgIpc) is 2.82. The number of amides is 1. The molecule has 0 spiro atoms. The van der Waals surface area contributed by atoms with Crippen LogP contribution in [-0.4, -0.2) is 43.8 Å². The maximum Gasteiger partial charge on any atom is 0.251 e. The minimum Gasteiger partial charge on any atom is -0.350 e. The number of nitrogens with two attached hydrogens (primary N) is 1. The molecule has 1 amide bonds. The van der Waals surface area contributed by atoms with E-state index in [9.17, 15) is 13.2 Å². The number of rotatable bonds is 5. The summed E-state index contributed by atoms with van der Waals surface area (Å²) in [5.74, 6) is -0.318. The summed E-state index contributed by atoms with van der Waals surface area (Å²) in [6.07, 6.45) is 3.88. The Morgan fingerprint density at radius 3 is 2.36 bits per heavy atom. The summed E-state index contributed by atoms with van der Waals surface area (Å²) in [5.41, 5.74) is 5.66. The zero-order valence-corrected chi connectivity index (χ0v) is 16.5. The van der Waals surface area contributed by atoms with Crippen LogP contribution in [0.15, 0.2) is 29.2 Å². The zero-order chi connectivity index (χ0) is 17.8. The van der Waals surface area contributed by atoms with Gasteiger partial charge in [0.15, 0.2) is 0 Å². The Morgan fingerprint density at radius 1 is 1.20 bits per heavy atom. The summed E-state index contributed by atoms with van der Waals surface area (Å²) in [7, 11) is -3.56. The van der Waals surface area contributed by atoms with Gasteiger partial charge in [0.05, 0.1) is 4.90 Å². The lowest BCUT2D eigenvalue weighted by atomic mass is 10.1. The van der Waals surface area contributed by atoms with E-state index in [1.54, 1.807) is 18.2 Å². The second-order valence-corrected chi connectivity index (χ2v) is 8.96. The van der Waals surface area contributed by atoms with E-state index in [4.69, 9.17) is 5.73 Å². The van der Waals surface area contributed by atoms with Crippen LogP contribution in [0.5, 0.6) is 0 Å². The zero-order valence-electron chi connectivity index (χ0n) is 14.8. The maximum absolute atomic E-state index is 12.8. The van der Waals surface area contributed by atoms with Crippen LogP contribution in [0.25, 0.3) is 0 Å². The quantitative estimate of drug-likeness (QED) is 0.806. The molecule has 1 fully saturated rings. The number of carbonyl (C=O) groups is 1. The van der Waals surface area contributed by atoms with Crippen molar-refractivity contribution in [1.29, 1.82) is 0 Å². The van der Waals surface area contributed by atoms with Gasteiger partial charge in [-0.3, -0.25) is 4.79 Å². The molecule has 0 atom stereocenters. The lowest BCUT2D eigenvalue weighted by Crippen LogP contribution is -2.45. The molecule has 0 saturated carbocycles. The molecule has 0 bridgehead atoms. The van der Waals surface area contributed by atoms with Gasteiger partial charge in [-0.2, -0.15) is 4.31 Å². The highest BCUT2D eigenvalue weighted by atomic mass is 35.5. The topological polar surface area (TPSA) is 92.5 Å². The van der Waals surface area contributed by atoms with Gasteiger partial charge < -0.3 is 11.1 Å². The monoisotopic (exact) mass is 389 g/mol. The molecule has 1 aliphatic heterocycles. The highest BCUT2D eigenvalue weighted by Gasteiger charge is 2.26. The van der Waals surface area contributed by atoms with Crippen LogP contribution in [0.1, 0.15) is 49.9 Å². The number of carbonyl (C=O) groups excluding carboxylic acids is 1. The Kier molecular flexibility index (Phi) is 7.87. The van der Waals surface area contributed by atoms with Crippen molar-refractivity contribution >= 4 is 28.3 Å². The van der Waals surface area contributed by atoms with Gasteiger partial charge in [0.1, 0.15) is 0 Å². The molecule has 1 aliphatic rings. The standard InChI is InChI=1S/C17H27N3O3S.ClH/c1-17(2,18)13-19-16(21)14-8-7-9-15(12-14)24(22,23)20-10-5-3-4-6-11-20;/h7-9,12H,3-6,10-11,13,18H2,1-2H3,(H,19,21);1H. The number of nitrogens with zero attached hydrogens (tertiary/aromatic N) is 1. The third-order valence-corrected chi connectivity index (χ3v) is 5.90. The van der Waals surface area contributed by atoms with Gasteiger partial charge in [-0.15, -0.1) is 12.4 Å². The van der Waals surface area contributed by atoms with Crippen molar-refractivity contribution in [3.8, 4) is 0 Å². The molecule has 142 valence electrons. The largest absolute Gasteiger partial charge is 0.350 e. The van der Waals surface area contributed by atoms with Crippen molar-refractivity contribution in [1.82, 2.24) is 9.62 Å². The summed E-state index contributed by atoms with van der Waals surface area (Å²) in [6, 6.07) is 6.20. The minimum atomic E-state index is -3.56. The number of hydrogen-bond donors (Lipinski definition) is 2. The van der Waals surface area contributed by atoms with E-state index >= 15 is 0 Å². The normalized spacial score (nSPS) is 16.6. The first kappa shape index (κ1) is 21.9. The first-order valence-electron chi connectivity index (χ1n) is 8.37. The molecular formula is C17H28ClN3O3S. The molecule has 1 saturated heterocycles. The molecule has 25 heavy (non-hydrogen) atoms. The number of hydrogen-bond acceptors (Lipinski definition) is 4. The molecular weight excluding hydrogens is 362 g/mol. The Balaban J connectivity index is 0.00000312. The van der Waals surface area contributed by atoms with Crippen LogP contribution in [-0.2, 0) is 10.0 Å². The third-order valence-electron chi connectivity index (χ3n) is 4.00. The summed E-state index contributed by atoms with van der Waals surface area (Å²) >= 11 is 0. The summed E-state index contributed by atoms with van der Waals surface area (Å²) in [6.45, 7) is 5.02. The van der Waals surface area contributed by atoms with Gasteiger partial charge in [0.2, 0.25) is 10.0 Å². The van der Waals surface area contributed by atoms with Gasteiger partial charge in [-0.25, -0.2) is 8.42 Å². The maximum atomic E-state index is 12.8. The molecule has 1 heterocycles. The van der Waals surface area contributed by atoms with Crippen LogP contribution in [0, 0.1) is 0 Å². The SMILES string of the molecule is CC(C)(N)CNC(=O)c1cccc(S(=O)(=O)N2CCCCCC2)c1.Cl. The van der Waals surface area contributed by atoms with E-state index in [2.05, 4.69) is 5.32 Å². The first-order chi connectivity index (χ1) is 11.2. The fourth-order valence-corrected chi connectivity index (χ4v) is 4.20. The molecule has 0 aromatic heterocycles. The molecule has 8 heteroatoms. The molecule has 0 unspecified atom stereocenters. The Bertz CT molecular complexity index is 679. The Hall–Kier alpha value is -1.15. The summed E-state index contributed by atoms with van der Waals surface area (Å²) in [5, 5.41) is 2.73. The van der Waals surface area contributed by atoms with E-state index in [0.717, 1.165) is 25.7 Å². The van der Waals surface area contributed by atoms with Gasteiger partial charge in [-0.05, 0) is 44.9 Å². The van der Waals surface area contributed by atoms with Crippen LogP contribution in [0.2, 0.25) is 0 Å². The smallest absolute Gasteiger partial charge is 0.251 e. The fraction of sp³-hybridized carbons (Fsp3) is 0.588. The van der Waals surface area contributed by atoms with Crippen molar-refractivity contribution in [2.75, 3.05) is 19.6 Å². The number of sulfonamides is 1. The lowest BCUT2D eigenvalue weighted by Gasteiger charge is -2.21. The fourth-order valence-electron chi connectivity index (χ4n) is 2.64. The predicted octanol–water partition coefficient (Wildman–Crippen LogP) is 2.14. The van der Waals surface area contributed by atoms with Crippen LogP contribution in [0.4, 0.5) is 0 Å². The van der Waals surface area contributed by atoms with E-state index in [-0.39, 0.29) is 23.2 Å². The second-order valence-electron chi connectivity index (χ2n) is 7.02. The lowest BCUT2D eigenvalue weighted by molar-refractivity contribution is 0.0946.